The van der Waals surface area contributed by atoms with Crippen molar-refractivity contribution in [3.8, 4) is 28.2 Å². The molecule has 3 aromatic carbocycles. The van der Waals surface area contributed by atoms with E-state index in [1.54, 1.807) is 19.2 Å². The number of fused-ring (bicyclic) bond motifs is 3. The van der Waals surface area contributed by atoms with Crippen LogP contribution in [0.2, 0.25) is 0 Å². The molecule has 1 aliphatic heterocycles. The first kappa shape index (κ1) is 20.7. The lowest BCUT2D eigenvalue weighted by atomic mass is 9.72. The van der Waals surface area contributed by atoms with Crippen LogP contribution in [0.25, 0.3) is 33.4 Å². The summed E-state index contributed by atoms with van der Waals surface area (Å²) < 4.78 is 12.2. The van der Waals surface area contributed by atoms with Crippen LogP contribution >= 0.6 is 0 Å². The van der Waals surface area contributed by atoms with Gasteiger partial charge in [0.2, 0.25) is 5.43 Å². The second kappa shape index (κ2) is 7.57. The van der Waals surface area contributed by atoms with Gasteiger partial charge in [0.15, 0.2) is 17.9 Å². The van der Waals surface area contributed by atoms with Crippen molar-refractivity contribution in [1.29, 1.82) is 0 Å². The Balaban J connectivity index is 1.60. The molecule has 0 saturated heterocycles. The van der Waals surface area contributed by atoms with Crippen LogP contribution < -0.4 is 20.8 Å². The van der Waals surface area contributed by atoms with Crippen LogP contribution in [-0.4, -0.2) is 19.6 Å². The van der Waals surface area contributed by atoms with E-state index < -0.39 is 0 Å². The highest BCUT2D eigenvalue weighted by Crippen LogP contribution is 2.42. The fraction of sp³-hybridized carbons (Fsp3) is 0.214. The highest BCUT2D eigenvalue weighted by molar-refractivity contribution is 6.03. The maximum atomic E-state index is 13.9. The molecule has 0 bridgehead atoms. The standard InChI is InChI=1S/C28H24N2O4/c1-30-21-13-12-20-24(32)23(17-8-10-19(11-9-17)28(29)14-5-15-28)25(18-6-3-2-4-7-18)34-26(20)27(21)33-16-22(30)31/h2-4,6-13H,5,14-16,29H2,1H3. The minimum Gasteiger partial charge on any atom is -0.478 e. The third-order valence-electron chi connectivity index (χ3n) is 7.10. The molecule has 1 aliphatic carbocycles. The SMILES string of the molecule is CN1C(=O)COc2c1ccc1c(=O)c(-c3ccc(C4(N)CCC4)cc3)c(-c3ccccc3)oc21. The summed E-state index contributed by atoms with van der Waals surface area (Å²) >= 11 is 0. The van der Waals surface area contributed by atoms with Crippen LogP contribution in [0.4, 0.5) is 5.69 Å². The van der Waals surface area contributed by atoms with Crippen LogP contribution in [0, 0.1) is 0 Å². The average molecular weight is 453 g/mol. The zero-order valence-electron chi connectivity index (χ0n) is 18.8. The van der Waals surface area contributed by atoms with Crippen molar-refractivity contribution >= 4 is 22.6 Å². The van der Waals surface area contributed by atoms with E-state index in [1.165, 1.54) is 4.90 Å². The van der Waals surface area contributed by atoms with Gasteiger partial charge in [0.1, 0.15) is 5.76 Å². The van der Waals surface area contributed by atoms with Crippen LogP contribution in [0.1, 0.15) is 24.8 Å². The Bertz CT molecular complexity index is 1490. The van der Waals surface area contributed by atoms with E-state index in [4.69, 9.17) is 14.9 Å². The summed E-state index contributed by atoms with van der Waals surface area (Å²) in [5.41, 5.74) is 10.1. The molecule has 34 heavy (non-hydrogen) atoms. The molecule has 2 aliphatic rings. The van der Waals surface area contributed by atoms with Crippen LogP contribution in [-0.2, 0) is 10.3 Å². The largest absolute Gasteiger partial charge is 0.478 e. The van der Waals surface area contributed by atoms with Crippen molar-refractivity contribution in [3.63, 3.8) is 0 Å². The summed E-state index contributed by atoms with van der Waals surface area (Å²) in [6.45, 7) is -0.100. The maximum Gasteiger partial charge on any atom is 0.264 e. The summed E-state index contributed by atoms with van der Waals surface area (Å²) in [6.07, 6.45) is 3.08. The van der Waals surface area contributed by atoms with E-state index in [1.807, 2.05) is 54.6 Å². The number of benzene rings is 3. The molecule has 0 radical (unpaired) electrons. The number of anilines is 1. The number of nitrogens with two attached hydrogens (primary N) is 1. The fourth-order valence-corrected chi connectivity index (χ4v) is 4.86. The van der Waals surface area contributed by atoms with E-state index in [2.05, 4.69) is 0 Å². The first-order valence-electron chi connectivity index (χ1n) is 11.4. The molecule has 0 atom stereocenters. The number of carbonyl (C=O) groups is 1. The summed E-state index contributed by atoms with van der Waals surface area (Å²) in [4.78, 5) is 27.5. The van der Waals surface area contributed by atoms with Gasteiger partial charge in [0.05, 0.1) is 16.6 Å². The van der Waals surface area contributed by atoms with Crippen molar-refractivity contribution in [2.45, 2.75) is 24.8 Å². The van der Waals surface area contributed by atoms with Crippen molar-refractivity contribution in [1.82, 2.24) is 0 Å². The van der Waals surface area contributed by atoms with Gasteiger partial charge in [-0.05, 0) is 42.5 Å². The summed E-state index contributed by atoms with van der Waals surface area (Å²) in [6, 6.07) is 20.9. The third kappa shape index (κ3) is 3.06. The minimum atomic E-state index is -0.269. The Kier molecular flexibility index (Phi) is 4.61. The van der Waals surface area contributed by atoms with Crippen molar-refractivity contribution in [2.24, 2.45) is 5.73 Å². The second-order valence-electron chi connectivity index (χ2n) is 9.12. The summed E-state index contributed by atoms with van der Waals surface area (Å²) in [5, 5.41) is 0.412. The van der Waals surface area contributed by atoms with Gasteiger partial charge in [0, 0.05) is 18.2 Å². The van der Waals surface area contributed by atoms with E-state index in [-0.39, 0.29) is 23.5 Å². The number of hydrogen-bond acceptors (Lipinski definition) is 5. The Labute approximate surface area is 196 Å². The molecule has 2 N–H and O–H groups in total. The zero-order valence-corrected chi connectivity index (χ0v) is 18.8. The molecule has 6 nitrogen and oxygen atoms in total. The Hall–Kier alpha value is -3.90. The molecular weight excluding hydrogens is 428 g/mol. The summed E-state index contributed by atoms with van der Waals surface area (Å²) in [7, 11) is 1.69. The lowest BCUT2D eigenvalue weighted by Gasteiger charge is -2.38. The molecule has 6 heteroatoms. The average Bonchev–Trinajstić information content (AvgIpc) is 2.85. The number of rotatable bonds is 3. The van der Waals surface area contributed by atoms with Crippen LogP contribution in [0.15, 0.2) is 75.9 Å². The smallest absolute Gasteiger partial charge is 0.264 e. The zero-order chi connectivity index (χ0) is 23.4. The predicted molar refractivity (Wildman–Crippen MR) is 132 cm³/mol. The van der Waals surface area contributed by atoms with Crippen molar-refractivity contribution in [2.75, 3.05) is 18.6 Å². The third-order valence-corrected chi connectivity index (χ3v) is 7.10. The van der Waals surface area contributed by atoms with Crippen molar-refractivity contribution < 1.29 is 13.9 Å². The van der Waals surface area contributed by atoms with Gasteiger partial charge >= 0.3 is 0 Å². The summed E-state index contributed by atoms with van der Waals surface area (Å²) in [5.74, 6) is 0.720. The Morgan fingerprint density at radius 3 is 2.32 bits per heavy atom. The van der Waals surface area contributed by atoms with E-state index in [0.717, 1.165) is 36.0 Å². The van der Waals surface area contributed by atoms with E-state index >= 15 is 0 Å². The number of amides is 1. The van der Waals surface area contributed by atoms with Crippen LogP contribution in [0.3, 0.4) is 0 Å². The van der Waals surface area contributed by atoms with E-state index in [9.17, 15) is 9.59 Å². The van der Waals surface area contributed by atoms with Gasteiger partial charge in [-0.25, -0.2) is 0 Å². The normalized spacial score (nSPS) is 16.6. The molecule has 0 unspecified atom stereocenters. The van der Waals surface area contributed by atoms with E-state index in [0.29, 0.717) is 33.7 Å². The molecule has 170 valence electrons. The molecule has 1 fully saturated rings. The maximum absolute atomic E-state index is 13.9. The van der Waals surface area contributed by atoms with Gasteiger partial charge in [0.25, 0.3) is 5.91 Å². The monoisotopic (exact) mass is 452 g/mol. The number of carbonyl (C=O) groups excluding carboxylic acids is 1. The molecular formula is C28H24N2O4. The molecule has 2 heterocycles. The van der Waals surface area contributed by atoms with Gasteiger partial charge < -0.3 is 19.8 Å². The number of likely N-dealkylation sites (N-methyl/N-ethyl adjacent to an activating group) is 1. The molecule has 1 amide bonds. The molecule has 0 spiro atoms. The Morgan fingerprint density at radius 1 is 0.912 bits per heavy atom. The number of nitrogens with zero attached hydrogens (tertiary/aromatic N) is 1. The Morgan fingerprint density at radius 2 is 1.65 bits per heavy atom. The van der Waals surface area contributed by atoms with Gasteiger partial charge in [-0.1, -0.05) is 54.6 Å². The quantitative estimate of drug-likeness (QED) is 0.482. The second-order valence-corrected chi connectivity index (χ2v) is 9.12. The number of hydrogen-bond donors (Lipinski definition) is 1. The predicted octanol–water partition coefficient (Wildman–Crippen LogP) is 4.82. The first-order chi connectivity index (χ1) is 16.5. The lowest BCUT2D eigenvalue weighted by Crippen LogP contribution is -2.43. The highest BCUT2D eigenvalue weighted by atomic mass is 16.5. The molecule has 1 saturated carbocycles. The molecule has 1 aromatic heterocycles. The number of ether oxygens (including phenoxy) is 1. The van der Waals surface area contributed by atoms with Crippen molar-refractivity contribution in [3.05, 3.63) is 82.5 Å². The van der Waals surface area contributed by atoms with Gasteiger partial charge in [-0.3, -0.25) is 9.59 Å². The highest BCUT2D eigenvalue weighted by Gasteiger charge is 2.34. The molecule has 4 aromatic rings. The van der Waals surface area contributed by atoms with Gasteiger partial charge in [-0.15, -0.1) is 0 Å². The van der Waals surface area contributed by atoms with Gasteiger partial charge in [-0.2, -0.15) is 0 Å². The topological polar surface area (TPSA) is 85.8 Å². The lowest BCUT2D eigenvalue weighted by molar-refractivity contribution is -0.120. The molecule has 6 rings (SSSR count). The van der Waals surface area contributed by atoms with Crippen LogP contribution in [0.5, 0.6) is 5.75 Å². The minimum absolute atomic E-state index is 0.100. The fourth-order valence-electron chi connectivity index (χ4n) is 4.86. The first-order valence-corrected chi connectivity index (χ1v) is 11.4.